The molecule has 3 aliphatic heterocycles. The van der Waals surface area contributed by atoms with E-state index in [0.29, 0.717) is 35.1 Å². The molecule has 3 aromatic rings. The Morgan fingerprint density at radius 1 is 0.825 bits per heavy atom. The molecule has 0 radical (unpaired) electrons. The van der Waals surface area contributed by atoms with E-state index in [2.05, 4.69) is 34.1 Å². The lowest BCUT2D eigenvalue weighted by atomic mass is 9.85. The molecule has 208 valence electrons. The van der Waals surface area contributed by atoms with E-state index in [1.807, 2.05) is 37.3 Å². The van der Waals surface area contributed by atoms with E-state index in [9.17, 15) is 9.59 Å². The highest BCUT2D eigenvalue weighted by Gasteiger charge is 2.58. The average molecular weight is 578 g/mol. The first-order valence-electron chi connectivity index (χ1n) is 14.2. The number of amides is 3. The summed E-state index contributed by atoms with van der Waals surface area (Å²) in [7, 11) is 0. The number of carbonyl (C=O) groups excluding carboxylic acids is 2. The minimum Gasteiger partial charge on any atom is -0.372 e. The lowest BCUT2D eigenvalue weighted by molar-refractivity contribution is -0.127. The zero-order valence-corrected chi connectivity index (χ0v) is 24.3. The largest absolute Gasteiger partial charge is 0.372 e. The third kappa shape index (κ3) is 4.76. The van der Waals surface area contributed by atoms with Gasteiger partial charge in [-0.25, -0.2) is 9.69 Å². The summed E-state index contributed by atoms with van der Waals surface area (Å²) in [6.45, 7) is 7.02. The van der Waals surface area contributed by atoms with Crippen molar-refractivity contribution >= 4 is 46.5 Å². The highest BCUT2D eigenvalue weighted by molar-refractivity contribution is 6.37. The molecule has 3 aliphatic rings. The Labute approximate surface area is 246 Å². The Kier molecular flexibility index (Phi) is 7.51. The van der Waals surface area contributed by atoms with Crippen LogP contribution in [0.2, 0.25) is 10.0 Å². The van der Waals surface area contributed by atoms with E-state index in [1.54, 1.807) is 17.0 Å². The molecule has 1 spiro atoms. The number of imide groups is 1. The van der Waals surface area contributed by atoms with Gasteiger partial charge in [-0.1, -0.05) is 59.6 Å². The third-order valence-corrected chi connectivity index (χ3v) is 9.36. The summed E-state index contributed by atoms with van der Waals surface area (Å²) in [5.74, 6) is -0.179. The maximum Gasteiger partial charge on any atom is 0.332 e. The summed E-state index contributed by atoms with van der Waals surface area (Å²) in [6.07, 6.45) is 3.74. The number of likely N-dealkylation sites (N-methyl/N-ethyl adjacent to an activating group) is 1. The Morgan fingerprint density at radius 2 is 1.52 bits per heavy atom. The maximum atomic E-state index is 14.0. The van der Waals surface area contributed by atoms with Gasteiger partial charge in [-0.05, 0) is 74.1 Å². The number of urea groups is 1. The van der Waals surface area contributed by atoms with Crippen LogP contribution < -0.4 is 9.80 Å². The fourth-order valence-electron chi connectivity index (χ4n) is 6.53. The van der Waals surface area contributed by atoms with Gasteiger partial charge in [0.1, 0.15) is 5.54 Å². The van der Waals surface area contributed by atoms with Crippen molar-refractivity contribution in [2.24, 2.45) is 0 Å². The second-order valence-electron chi connectivity index (χ2n) is 11.0. The molecule has 8 heteroatoms. The molecule has 3 fully saturated rings. The molecule has 0 bridgehead atoms. The summed E-state index contributed by atoms with van der Waals surface area (Å²) in [6, 6.07) is 21.5. The predicted molar refractivity (Wildman–Crippen MR) is 162 cm³/mol. The molecular formula is C32H34Cl2N4O2. The number of piperidine rings is 1. The van der Waals surface area contributed by atoms with Crippen LogP contribution in [0.4, 0.5) is 16.2 Å². The van der Waals surface area contributed by atoms with E-state index in [0.717, 1.165) is 43.9 Å². The first-order valence-corrected chi connectivity index (χ1v) is 14.9. The van der Waals surface area contributed by atoms with Crippen LogP contribution in [0.5, 0.6) is 0 Å². The summed E-state index contributed by atoms with van der Waals surface area (Å²) in [5.41, 5.74) is 3.83. The van der Waals surface area contributed by atoms with Gasteiger partial charge in [-0.3, -0.25) is 9.69 Å². The SMILES string of the molecule is CCN1C(=O)N(c2ccc(-c3ccccc3Cl)cc2Cl)C(=O)C12CCN(Cc1ccc(N3CCCC3)cc1)CC2. The second kappa shape index (κ2) is 11.1. The standard InChI is InChI=1S/C32H34Cl2N4O2/c1-2-37-31(40)38(29-14-11-24(21-28(29)34)26-7-3-4-8-27(26)33)30(39)32(37)15-19-35(20-16-32)22-23-9-12-25(13-10-23)36-17-5-6-18-36/h3-4,7-14,21H,2,5-6,15-20,22H2,1H3. The number of carbonyl (C=O) groups is 2. The van der Waals surface area contributed by atoms with E-state index in [-0.39, 0.29) is 11.9 Å². The molecule has 0 aromatic heterocycles. The molecule has 0 N–H and O–H groups in total. The van der Waals surface area contributed by atoms with Gasteiger partial charge in [0, 0.05) is 55.5 Å². The van der Waals surface area contributed by atoms with E-state index in [1.165, 1.54) is 29.0 Å². The molecule has 3 aromatic carbocycles. The van der Waals surface area contributed by atoms with E-state index >= 15 is 0 Å². The van der Waals surface area contributed by atoms with Crippen LogP contribution in [0.1, 0.15) is 38.2 Å². The van der Waals surface area contributed by atoms with Crippen LogP contribution in [0.25, 0.3) is 11.1 Å². The van der Waals surface area contributed by atoms with Gasteiger partial charge in [0.15, 0.2) is 0 Å². The number of rotatable bonds is 6. The molecule has 0 saturated carbocycles. The highest BCUT2D eigenvalue weighted by Crippen LogP contribution is 2.42. The molecule has 0 atom stereocenters. The molecule has 3 saturated heterocycles. The fourth-order valence-corrected chi connectivity index (χ4v) is 7.04. The molecule has 40 heavy (non-hydrogen) atoms. The van der Waals surface area contributed by atoms with Crippen LogP contribution in [-0.2, 0) is 11.3 Å². The maximum absolute atomic E-state index is 14.0. The quantitative estimate of drug-likeness (QED) is 0.294. The normalized spacial score (nSPS) is 19.3. The van der Waals surface area contributed by atoms with Crippen molar-refractivity contribution in [1.82, 2.24) is 9.80 Å². The van der Waals surface area contributed by atoms with Crippen molar-refractivity contribution in [1.29, 1.82) is 0 Å². The monoisotopic (exact) mass is 576 g/mol. The highest BCUT2D eigenvalue weighted by atomic mass is 35.5. The minimum atomic E-state index is -0.841. The van der Waals surface area contributed by atoms with Gasteiger partial charge >= 0.3 is 6.03 Å². The van der Waals surface area contributed by atoms with Crippen LogP contribution in [0, 0.1) is 0 Å². The van der Waals surface area contributed by atoms with Gasteiger partial charge in [0.2, 0.25) is 0 Å². The van der Waals surface area contributed by atoms with Crippen LogP contribution >= 0.6 is 23.2 Å². The van der Waals surface area contributed by atoms with Crippen molar-refractivity contribution in [3.05, 3.63) is 82.3 Å². The molecular weight excluding hydrogens is 543 g/mol. The van der Waals surface area contributed by atoms with Crippen molar-refractivity contribution in [2.45, 2.75) is 44.7 Å². The molecule has 6 nitrogen and oxygen atoms in total. The second-order valence-corrected chi connectivity index (χ2v) is 11.8. The Balaban J connectivity index is 1.17. The smallest absolute Gasteiger partial charge is 0.332 e. The first kappa shape index (κ1) is 27.1. The lowest BCUT2D eigenvalue weighted by Crippen LogP contribution is -2.56. The fraction of sp³-hybridized carbons (Fsp3) is 0.375. The summed E-state index contributed by atoms with van der Waals surface area (Å²) in [4.78, 5) is 35.5. The molecule has 3 amide bonds. The van der Waals surface area contributed by atoms with Crippen molar-refractivity contribution in [3.63, 3.8) is 0 Å². The topological polar surface area (TPSA) is 47.1 Å². The predicted octanol–water partition coefficient (Wildman–Crippen LogP) is 7.08. The summed E-state index contributed by atoms with van der Waals surface area (Å²) < 4.78 is 0. The number of benzene rings is 3. The summed E-state index contributed by atoms with van der Waals surface area (Å²) >= 11 is 13.1. The van der Waals surface area contributed by atoms with Crippen LogP contribution in [-0.4, -0.2) is 60.0 Å². The molecule has 3 heterocycles. The van der Waals surface area contributed by atoms with E-state index in [4.69, 9.17) is 23.2 Å². The van der Waals surface area contributed by atoms with Gasteiger partial charge < -0.3 is 9.80 Å². The zero-order chi connectivity index (χ0) is 27.9. The summed E-state index contributed by atoms with van der Waals surface area (Å²) in [5, 5.41) is 0.965. The Morgan fingerprint density at radius 3 is 2.17 bits per heavy atom. The number of nitrogens with zero attached hydrogens (tertiary/aromatic N) is 4. The molecule has 0 aliphatic carbocycles. The van der Waals surface area contributed by atoms with Gasteiger partial charge in [0.25, 0.3) is 5.91 Å². The number of hydrogen-bond acceptors (Lipinski definition) is 4. The van der Waals surface area contributed by atoms with Gasteiger partial charge in [-0.15, -0.1) is 0 Å². The van der Waals surface area contributed by atoms with Crippen LogP contribution in [0.15, 0.2) is 66.7 Å². The zero-order valence-electron chi connectivity index (χ0n) is 22.8. The van der Waals surface area contributed by atoms with Crippen molar-refractivity contribution in [3.8, 4) is 11.1 Å². The first-order chi connectivity index (χ1) is 19.4. The minimum absolute atomic E-state index is 0.179. The third-order valence-electron chi connectivity index (χ3n) is 8.73. The Hall–Kier alpha value is -3.06. The van der Waals surface area contributed by atoms with Crippen LogP contribution in [0.3, 0.4) is 0 Å². The van der Waals surface area contributed by atoms with Crippen molar-refractivity contribution in [2.75, 3.05) is 42.5 Å². The van der Waals surface area contributed by atoms with E-state index < -0.39 is 5.54 Å². The number of anilines is 2. The lowest BCUT2D eigenvalue weighted by Gasteiger charge is -2.41. The van der Waals surface area contributed by atoms with Gasteiger partial charge in [-0.2, -0.15) is 0 Å². The number of halogens is 2. The average Bonchev–Trinajstić information content (AvgIpc) is 3.57. The number of likely N-dealkylation sites (tertiary alicyclic amines) is 1. The molecule has 6 rings (SSSR count). The van der Waals surface area contributed by atoms with Gasteiger partial charge in [0.05, 0.1) is 10.7 Å². The van der Waals surface area contributed by atoms with Crippen molar-refractivity contribution < 1.29 is 9.59 Å². The number of hydrogen-bond donors (Lipinski definition) is 0. The molecule has 0 unspecified atom stereocenters. The Bertz CT molecular complexity index is 1410.